The summed E-state index contributed by atoms with van der Waals surface area (Å²) in [6.07, 6.45) is 1.94. The van der Waals surface area contributed by atoms with Crippen molar-refractivity contribution in [1.29, 1.82) is 0 Å². The van der Waals surface area contributed by atoms with Gasteiger partial charge in [0.05, 0.1) is 0 Å². The summed E-state index contributed by atoms with van der Waals surface area (Å²) in [7, 11) is 0. The number of hydrogen-bond donors (Lipinski definition) is 0. The molecular weight excluding hydrogens is 182 g/mol. The van der Waals surface area contributed by atoms with Crippen molar-refractivity contribution in [3.05, 3.63) is 29.6 Å². The fraction of sp³-hybridized carbons (Fsp3) is 0.643. The topological polar surface area (TPSA) is 12.9 Å². The van der Waals surface area contributed by atoms with Crippen LogP contribution in [-0.4, -0.2) is 4.98 Å². The molecule has 0 fully saturated rings. The first-order valence-corrected chi connectivity index (χ1v) is 5.79. The van der Waals surface area contributed by atoms with Crippen LogP contribution in [-0.2, 0) is 5.41 Å². The van der Waals surface area contributed by atoms with Crippen LogP contribution >= 0.6 is 0 Å². The van der Waals surface area contributed by atoms with E-state index in [1.54, 1.807) is 0 Å². The Morgan fingerprint density at radius 3 is 2.20 bits per heavy atom. The highest BCUT2D eigenvalue weighted by molar-refractivity contribution is 5.24. The van der Waals surface area contributed by atoms with Gasteiger partial charge in [0.1, 0.15) is 0 Å². The van der Waals surface area contributed by atoms with E-state index in [1.165, 1.54) is 11.3 Å². The minimum atomic E-state index is 0.146. The van der Waals surface area contributed by atoms with Crippen molar-refractivity contribution in [3.8, 4) is 0 Å². The molecule has 0 N–H and O–H groups in total. The maximum absolute atomic E-state index is 4.45. The van der Waals surface area contributed by atoms with Gasteiger partial charge in [0.25, 0.3) is 0 Å². The molecule has 1 rings (SSSR count). The van der Waals surface area contributed by atoms with Crippen LogP contribution in [0.5, 0.6) is 0 Å². The van der Waals surface area contributed by atoms with Crippen molar-refractivity contribution in [2.24, 2.45) is 5.92 Å². The molecule has 0 aliphatic carbocycles. The molecule has 0 aromatic carbocycles. The molecule has 0 saturated heterocycles. The van der Waals surface area contributed by atoms with Gasteiger partial charge in [-0.25, -0.2) is 0 Å². The lowest BCUT2D eigenvalue weighted by atomic mass is 9.86. The zero-order chi connectivity index (χ0) is 11.6. The average molecular weight is 205 g/mol. The van der Waals surface area contributed by atoms with Crippen LogP contribution in [0.3, 0.4) is 0 Å². The molecule has 0 radical (unpaired) electrons. The van der Waals surface area contributed by atoms with Crippen LogP contribution in [0.15, 0.2) is 18.3 Å². The van der Waals surface area contributed by atoms with E-state index in [4.69, 9.17) is 0 Å². The van der Waals surface area contributed by atoms with Gasteiger partial charge in [-0.1, -0.05) is 41.5 Å². The minimum Gasteiger partial charge on any atom is -0.261 e. The molecular formula is C14H23N. The predicted octanol–water partition coefficient (Wildman–Crippen LogP) is 4.14. The Kier molecular flexibility index (Phi) is 3.54. The molecule has 0 saturated carbocycles. The molecule has 0 aliphatic heterocycles. The summed E-state index contributed by atoms with van der Waals surface area (Å²) in [5.41, 5.74) is 2.74. The number of aromatic nitrogens is 1. The van der Waals surface area contributed by atoms with E-state index in [2.05, 4.69) is 58.7 Å². The van der Waals surface area contributed by atoms with E-state index >= 15 is 0 Å². The highest BCUT2D eigenvalue weighted by Crippen LogP contribution is 2.27. The molecule has 1 aromatic heterocycles. The lowest BCUT2D eigenvalue weighted by Crippen LogP contribution is -2.14. The molecule has 0 bridgehead atoms. The van der Waals surface area contributed by atoms with E-state index in [0.29, 0.717) is 11.8 Å². The fourth-order valence-electron chi connectivity index (χ4n) is 1.53. The number of rotatable bonds is 2. The van der Waals surface area contributed by atoms with Gasteiger partial charge < -0.3 is 0 Å². The summed E-state index contributed by atoms with van der Waals surface area (Å²) in [6.45, 7) is 13.4. The number of hydrogen-bond acceptors (Lipinski definition) is 1. The Labute approximate surface area is 93.9 Å². The molecule has 0 unspecified atom stereocenters. The lowest BCUT2D eigenvalue weighted by Gasteiger charge is -2.21. The molecule has 1 heteroatoms. The van der Waals surface area contributed by atoms with Gasteiger partial charge in [0.15, 0.2) is 0 Å². The van der Waals surface area contributed by atoms with Crippen LogP contribution in [0.1, 0.15) is 58.7 Å². The Balaban J connectivity index is 3.03. The third kappa shape index (κ3) is 3.05. The van der Waals surface area contributed by atoms with Gasteiger partial charge in [-0.2, -0.15) is 0 Å². The van der Waals surface area contributed by atoms with Gasteiger partial charge in [-0.15, -0.1) is 0 Å². The summed E-state index contributed by atoms with van der Waals surface area (Å²) in [5, 5.41) is 0. The average Bonchev–Trinajstić information content (AvgIpc) is 2.15. The third-order valence-electron chi connectivity index (χ3n) is 3.08. The third-order valence-corrected chi connectivity index (χ3v) is 3.08. The molecule has 0 aliphatic rings. The van der Waals surface area contributed by atoms with E-state index in [1.807, 2.05) is 6.20 Å². The van der Waals surface area contributed by atoms with Crippen molar-refractivity contribution in [1.82, 2.24) is 4.98 Å². The normalized spacial score (nSPS) is 14.3. The summed E-state index contributed by atoms with van der Waals surface area (Å²) >= 11 is 0. The van der Waals surface area contributed by atoms with Crippen molar-refractivity contribution in [3.63, 3.8) is 0 Å². The first-order chi connectivity index (χ1) is 6.82. The fourth-order valence-corrected chi connectivity index (χ4v) is 1.53. The second kappa shape index (κ2) is 4.34. The first-order valence-electron chi connectivity index (χ1n) is 5.79. The molecule has 1 heterocycles. The van der Waals surface area contributed by atoms with Gasteiger partial charge >= 0.3 is 0 Å². The Morgan fingerprint density at radius 1 is 1.13 bits per heavy atom. The second-order valence-corrected chi connectivity index (χ2v) is 5.76. The maximum atomic E-state index is 4.45. The largest absolute Gasteiger partial charge is 0.261 e. The van der Waals surface area contributed by atoms with Crippen molar-refractivity contribution >= 4 is 0 Å². The van der Waals surface area contributed by atoms with Crippen LogP contribution in [0, 0.1) is 5.92 Å². The maximum Gasteiger partial charge on any atom is 0.0459 e. The van der Waals surface area contributed by atoms with Crippen molar-refractivity contribution in [2.75, 3.05) is 0 Å². The second-order valence-electron chi connectivity index (χ2n) is 5.76. The van der Waals surface area contributed by atoms with Gasteiger partial charge in [0.2, 0.25) is 0 Å². The lowest BCUT2D eigenvalue weighted by molar-refractivity contribution is 0.526. The number of pyridine rings is 1. The van der Waals surface area contributed by atoms with Gasteiger partial charge in [-0.05, 0) is 29.5 Å². The van der Waals surface area contributed by atoms with E-state index < -0.39 is 0 Å². The first kappa shape index (κ1) is 12.2. The summed E-state index contributed by atoms with van der Waals surface area (Å²) in [4.78, 5) is 4.45. The monoisotopic (exact) mass is 205 g/mol. The van der Waals surface area contributed by atoms with Crippen molar-refractivity contribution in [2.45, 2.75) is 52.9 Å². The smallest absolute Gasteiger partial charge is 0.0459 e. The zero-order valence-corrected chi connectivity index (χ0v) is 10.8. The molecule has 0 amide bonds. The minimum absolute atomic E-state index is 0.146. The summed E-state index contributed by atoms with van der Waals surface area (Å²) in [5.74, 6) is 1.29. The van der Waals surface area contributed by atoms with E-state index in [0.717, 1.165) is 0 Å². The molecule has 84 valence electrons. The molecule has 0 spiro atoms. The van der Waals surface area contributed by atoms with Crippen LogP contribution in [0.25, 0.3) is 0 Å². The quantitative estimate of drug-likeness (QED) is 0.707. The molecule has 15 heavy (non-hydrogen) atoms. The van der Waals surface area contributed by atoms with Crippen LogP contribution in [0.4, 0.5) is 0 Å². The zero-order valence-electron chi connectivity index (χ0n) is 10.8. The van der Waals surface area contributed by atoms with Crippen molar-refractivity contribution < 1.29 is 0 Å². The molecule has 1 atom stereocenters. The highest BCUT2D eigenvalue weighted by Gasteiger charge is 2.17. The highest BCUT2D eigenvalue weighted by atomic mass is 14.7. The Morgan fingerprint density at radius 2 is 1.73 bits per heavy atom. The number of nitrogens with zero attached hydrogens (tertiary/aromatic N) is 1. The van der Waals surface area contributed by atoms with Gasteiger partial charge in [-0.3, -0.25) is 4.98 Å². The summed E-state index contributed by atoms with van der Waals surface area (Å²) in [6, 6.07) is 4.39. The Hall–Kier alpha value is -0.850. The van der Waals surface area contributed by atoms with Crippen LogP contribution < -0.4 is 0 Å². The predicted molar refractivity (Wildman–Crippen MR) is 66.2 cm³/mol. The SMILES string of the molecule is CC(C)[C@@H](C)c1ccnc(C(C)(C)C)c1. The molecule has 1 aromatic rings. The standard InChI is InChI=1S/C14H23N/c1-10(2)11(3)12-7-8-15-13(9-12)14(4,5)6/h7-11H,1-6H3/t11-/m1/s1. The Bertz CT molecular complexity index is 320. The molecule has 1 nitrogen and oxygen atoms in total. The van der Waals surface area contributed by atoms with E-state index in [9.17, 15) is 0 Å². The van der Waals surface area contributed by atoms with E-state index in [-0.39, 0.29) is 5.41 Å². The van der Waals surface area contributed by atoms with Crippen LogP contribution in [0.2, 0.25) is 0 Å². The summed E-state index contributed by atoms with van der Waals surface area (Å²) < 4.78 is 0. The van der Waals surface area contributed by atoms with Gasteiger partial charge in [0, 0.05) is 17.3 Å².